The zero-order valence-corrected chi connectivity index (χ0v) is 20.0. The lowest BCUT2D eigenvalue weighted by molar-refractivity contribution is 0.114. The molecule has 0 spiro atoms. The van der Waals surface area contributed by atoms with E-state index in [9.17, 15) is 0 Å². The van der Waals surface area contributed by atoms with Gasteiger partial charge in [0.05, 0.1) is 0 Å². The van der Waals surface area contributed by atoms with Gasteiger partial charge in [0.25, 0.3) is 0 Å². The van der Waals surface area contributed by atoms with Gasteiger partial charge < -0.3 is 0 Å². The van der Waals surface area contributed by atoms with Gasteiger partial charge in [-0.15, -0.1) is 6.58 Å². The minimum atomic E-state index is 0.185. The number of fused-ring (bicyclic) bond motifs is 2. The molecule has 3 aliphatic rings. The smallest absolute Gasteiger partial charge is 0.130 e. The van der Waals surface area contributed by atoms with E-state index in [1.807, 2.05) is 0 Å². The normalized spacial score (nSPS) is 30.5. The number of hydrogen-bond acceptors (Lipinski definition) is 0. The summed E-state index contributed by atoms with van der Waals surface area (Å²) in [6, 6.07) is 4.50. The highest BCUT2D eigenvalue weighted by Gasteiger charge is 2.37. The molecule has 2 fully saturated rings. The lowest BCUT2D eigenvalue weighted by atomic mass is 9.63. The van der Waals surface area contributed by atoms with Crippen molar-refractivity contribution in [3.63, 3.8) is 0 Å². The summed E-state index contributed by atoms with van der Waals surface area (Å²) in [5, 5.41) is 0. The van der Waals surface area contributed by atoms with Crippen molar-refractivity contribution < 1.29 is 4.39 Å². The fourth-order valence-electron chi connectivity index (χ4n) is 7.21. The Bertz CT molecular complexity index is 719. The molecule has 0 nitrogen and oxygen atoms in total. The van der Waals surface area contributed by atoms with E-state index in [-0.39, 0.29) is 5.82 Å². The van der Waals surface area contributed by atoms with Crippen LogP contribution in [0.4, 0.5) is 4.39 Å². The highest BCUT2D eigenvalue weighted by atomic mass is 19.1. The molecular weight excluding hydrogens is 379 g/mol. The first-order chi connectivity index (χ1) is 15.2. The van der Waals surface area contributed by atoms with Gasteiger partial charge in [-0.3, -0.25) is 0 Å². The summed E-state index contributed by atoms with van der Waals surface area (Å²) in [6.07, 6.45) is 22.5. The molecule has 5 atom stereocenters. The summed E-state index contributed by atoms with van der Waals surface area (Å²) in [5.74, 6) is 4.07. The molecule has 31 heavy (non-hydrogen) atoms. The zero-order valence-electron chi connectivity index (χ0n) is 20.0. The van der Waals surface area contributed by atoms with Crippen molar-refractivity contribution in [1.82, 2.24) is 0 Å². The number of hydrogen-bond donors (Lipinski definition) is 0. The van der Waals surface area contributed by atoms with Crippen LogP contribution >= 0.6 is 0 Å². The van der Waals surface area contributed by atoms with Gasteiger partial charge in [0, 0.05) is 0 Å². The van der Waals surface area contributed by atoms with E-state index in [0.717, 1.165) is 47.6 Å². The average Bonchev–Trinajstić information content (AvgIpc) is 2.80. The van der Waals surface area contributed by atoms with Crippen LogP contribution in [0.2, 0.25) is 0 Å². The molecule has 5 unspecified atom stereocenters. The van der Waals surface area contributed by atoms with E-state index in [1.165, 1.54) is 95.5 Å². The number of benzene rings is 1. The molecule has 1 heteroatoms. The van der Waals surface area contributed by atoms with Crippen LogP contribution in [0.3, 0.4) is 0 Å². The molecule has 0 aromatic heterocycles. The summed E-state index contributed by atoms with van der Waals surface area (Å²) in [6.45, 7) is 6.17. The van der Waals surface area contributed by atoms with Crippen molar-refractivity contribution in [1.29, 1.82) is 0 Å². The molecule has 0 bridgehead atoms. The van der Waals surface area contributed by atoms with Crippen LogP contribution in [0.5, 0.6) is 0 Å². The molecule has 1 aromatic carbocycles. The Labute approximate surface area is 191 Å². The van der Waals surface area contributed by atoms with Crippen LogP contribution in [0.1, 0.15) is 119 Å². The van der Waals surface area contributed by atoms with E-state index >= 15 is 4.39 Å². The van der Waals surface area contributed by atoms with Gasteiger partial charge in [-0.1, -0.05) is 63.7 Å². The molecule has 0 N–H and O–H groups in total. The maximum atomic E-state index is 15.6. The molecule has 0 amide bonds. The Morgan fingerprint density at radius 1 is 0.935 bits per heavy atom. The molecule has 0 aliphatic heterocycles. The standard InChI is InChI=1S/C30H45F/c1-3-5-7-8-10-23-12-17-28-26(20-23)16-18-29(30(28)31)27-15-14-24-19-22(9-6-4-2)11-13-25(24)21-27/h4,16,18,22-25,27H,2-3,5-15,17,19-21H2,1H3. The average molecular weight is 425 g/mol. The first kappa shape index (κ1) is 23.1. The molecule has 0 radical (unpaired) electrons. The van der Waals surface area contributed by atoms with E-state index in [4.69, 9.17) is 0 Å². The largest absolute Gasteiger partial charge is 0.206 e. The van der Waals surface area contributed by atoms with E-state index in [2.05, 4.69) is 31.7 Å². The molecule has 4 rings (SSSR count). The molecule has 1 aromatic rings. The molecule has 0 heterocycles. The van der Waals surface area contributed by atoms with Crippen LogP contribution in [0.15, 0.2) is 24.8 Å². The van der Waals surface area contributed by atoms with Gasteiger partial charge in [-0.05, 0) is 110 Å². The summed E-state index contributed by atoms with van der Waals surface area (Å²) in [7, 11) is 0. The molecule has 3 aliphatic carbocycles. The van der Waals surface area contributed by atoms with Crippen LogP contribution in [0.25, 0.3) is 0 Å². The summed E-state index contributed by atoms with van der Waals surface area (Å²) in [4.78, 5) is 0. The van der Waals surface area contributed by atoms with Crippen LogP contribution in [-0.2, 0) is 12.8 Å². The van der Waals surface area contributed by atoms with Crippen molar-refractivity contribution >= 4 is 0 Å². The minimum Gasteiger partial charge on any atom is -0.206 e. The number of halogens is 1. The van der Waals surface area contributed by atoms with E-state index in [0.29, 0.717) is 5.92 Å². The van der Waals surface area contributed by atoms with Gasteiger partial charge in [0.2, 0.25) is 0 Å². The van der Waals surface area contributed by atoms with Crippen LogP contribution < -0.4 is 0 Å². The SMILES string of the molecule is C=CCCC1CCC2CC(c3ccc4c(c3F)CCC(CCCCCC)C4)CCC2C1. The van der Waals surface area contributed by atoms with Gasteiger partial charge in [0.15, 0.2) is 0 Å². The van der Waals surface area contributed by atoms with Gasteiger partial charge in [0.1, 0.15) is 5.82 Å². The highest BCUT2D eigenvalue weighted by molar-refractivity contribution is 5.38. The highest BCUT2D eigenvalue weighted by Crippen LogP contribution is 2.49. The fourth-order valence-corrected chi connectivity index (χ4v) is 7.21. The number of rotatable bonds is 9. The zero-order chi connectivity index (χ0) is 21.6. The first-order valence-corrected chi connectivity index (χ1v) is 13.6. The summed E-state index contributed by atoms with van der Waals surface area (Å²) < 4.78 is 15.6. The summed E-state index contributed by atoms with van der Waals surface area (Å²) >= 11 is 0. The van der Waals surface area contributed by atoms with Gasteiger partial charge >= 0.3 is 0 Å². The van der Waals surface area contributed by atoms with Crippen LogP contribution in [0, 0.1) is 29.5 Å². The maximum absolute atomic E-state index is 15.6. The number of unbranched alkanes of at least 4 members (excludes halogenated alkanes) is 3. The minimum absolute atomic E-state index is 0.185. The maximum Gasteiger partial charge on any atom is 0.130 e. The topological polar surface area (TPSA) is 0 Å². The monoisotopic (exact) mass is 424 g/mol. The Morgan fingerprint density at radius 3 is 2.61 bits per heavy atom. The predicted octanol–water partition coefficient (Wildman–Crippen LogP) is 9.17. The third-order valence-corrected chi connectivity index (χ3v) is 9.09. The Kier molecular flexibility index (Phi) is 8.30. The molecule has 172 valence electrons. The van der Waals surface area contributed by atoms with Crippen LogP contribution in [-0.4, -0.2) is 0 Å². The Balaban J connectivity index is 1.35. The van der Waals surface area contributed by atoms with Gasteiger partial charge in [-0.2, -0.15) is 0 Å². The van der Waals surface area contributed by atoms with Crippen molar-refractivity contribution in [3.05, 3.63) is 47.3 Å². The Morgan fingerprint density at radius 2 is 1.77 bits per heavy atom. The van der Waals surface area contributed by atoms with Gasteiger partial charge in [-0.25, -0.2) is 4.39 Å². The number of allylic oxidation sites excluding steroid dienone is 1. The molecule has 0 saturated heterocycles. The fraction of sp³-hybridized carbons (Fsp3) is 0.733. The van der Waals surface area contributed by atoms with E-state index < -0.39 is 0 Å². The second kappa shape index (κ2) is 11.2. The van der Waals surface area contributed by atoms with Crippen molar-refractivity contribution in [2.24, 2.45) is 23.7 Å². The first-order valence-electron chi connectivity index (χ1n) is 13.6. The Hall–Kier alpha value is -1.11. The molecule has 2 saturated carbocycles. The third-order valence-electron chi connectivity index (χ3n) is 9.09. The quantitative estimate of drug-likeness (QED) is 0.274. The van der Waals surface area contributed by atoms with E-state index in [1.54, 1.807) is 0 Å². The van der Waals surface area contributed by atoms with Crippen molar-refractivity contribution in [2.45, 2.75) is 116 Å². The third kappa shape index (κ3) is 5.63. The molecular formula is C30H45F. The van der Waals surface area contributed by atoms with Crippen molar-refractivity contribution in [2.75, 3.05) is 0 Å². The summed E-state index contributed by atoms with van der Waals surface area (Å²) in [5.41, 5.74) is 3.47. The lowest BCUT2D eigenvalue weighted by Gasteiger charge is -2.42. The predicted molar refractivity (Wildman–Crippen MR) is 131 cm³/mol. The lowest BCUT2D eigenvalue weighted by Crippen LogP contribution is -2.31. The second-order valence-corrected chi connectivity index (χ2v) is 11.1. The van der Waals surface area contributed by atoms with Crippen molar-refractivity contribution in [3.8, 4) is 0 Å². The second-order valence-electron chi connectivity index (χ2n) is 11.1.